The Labute approximate surface area is 214 Å². The van der Waals surface area contributed by atoms with Gasteiger partial charge < -0.3 is 5.32 Å². The highest BCUT2D eigenvalue weighted by Crippen LogP contribution is 2.30. The number of aryl methyl sites for hydroxylation is 1. The number of nitrogens with zero attached hydrogens (tertiary/aromatic N) is 4. The number of imide groups is 1. The molecule has 2 aromatic carbocycles. The van der Waals surface area contributed by atoms with Crippen molar-refractivity contribution in [3.8, 4) is 10.7 Å². The summed E-state index contributed by atoms with van der Waals surface area (Å²) in [6, 6.07) is 11.9. The SMILES string of the molecule is Cn1ncc(Cl)c1-c1ncc(C(=O)N[C@@H](Cc2cccc(F)c2)CN2C(=O)c3ccccc3C2=O)s1. The molecule has 0 fully saturated rings. The van der Waals surface area contributed by atoms with E-state index in [1.807, 2.05) is 0 Å². The molecule has 36 heavy (non-hydrogen) atoms. The number of carbonyl (C=O) groups excluding carboxylic acids is 3. The third-order valence-corrected chi connectivity index (χ3v) is 7.09. The van der Waals surface area contributed by atoms with Gasteiger partial charge in [-0.05, 0) is 36.2 Å². The van der Waals surface area contributed by atoms with E-state index in [-0.39, 0.29) is 13.0 Å². The maximum Gasteiger partial charge on any atom is 0.263 e. The molecule has 3 heterocycles. The highest BCUT2D eigenvalue weighted by molar-refractivity contribution is 7.16. The molecule has 182 valence electrons. The molecule has 0 saturated carbocycles. The van der Waals surface area contributed by atoms with Crippen molar-refractivity contribution in [3.63, 3.8) is 0 Å². The quantitative estimate of drug-likeness (QED) is 0.370. The summed E-state index contributed by atoms with van der Waals surface area (Å²) in [5, 5.41) is 7.91. The molecule has 3 amide bonds. The molecule has 11 heteroatoms. The van der Waals surface area contributed by atoms with Crippen molar-refractivity contribution < 1.29 is 18.8 Å². The fourth-order valence-electron chi connectivity index (χ4n) is 4.13. The number of nitrogens with one attached hydrogen (secondary N) is 1. The van der Waals surface area contributed by atoms with Gasteiger partial charge in [0.2, 0.25) is 0 Å². The van der Waals surface area contributed by atoms with Crippen LogP contribution >= 0.6 is 22.9 Å². The Morgan fingerprint density at radius 2 is 1.83 bits per heavy atom. The van der Waals surface area contributed by atoms with E-state index in [0.717, 1.165) is 16.2 Å². The summed E-state index contributed by atoms with van der Waals surface area (Å²) < 4.78 is 15.4. The topological polar surface area (TPSA) is 97.2 Å². The number of aromatic nitrogens is 3. The average molecular weight is 524 g/mol. The molecule has 1 aliphatic heterocycles. The standard InChI is InChI=1S/C25H19ClFN5O3S/c1-31-21(19(26)11-29-31)23-28-12-20(36-23)22(33)30-16(10-14-5-4-6-15(27)9-14)13-32-24(34)17-7-2-3-8-18(17)25(32)35/h2-9,11-12,16H,10,13H2,1H3,(H,30,33)/t16-/m0/s1. The number of fused-ring (bicyclic) bond motifs is 1. The second-order valence-corrected chi connectivity index (χ2v) is 9.70. The van der Waals surface area contributed by atoms with Crippen LogP contribution in [0, 0.1) is 5.82 Å². The normalized spacial score (nSPS) is 13.7. The number of amides is 3. The van der Waals surface area contributed by atoms with E-state index in [0.29, 0.717) is 37.3 Å². The molecule has 8 nitrogen and oxygen atoms in total. The third-order valence-electron chi connectivity index (χ3n) is 5.81. The van der Waals surface area contributed by atoms with Gasteiger partial charge in [-0.15, -0.1) is 11.3 Å². The first-order chi connectivity index (χ1) is 17.3. The molecule has 0 bridgehead atoms. The Morgan fingerprint density at radius 3 is 2.47 bits per heavy atom. The number of hydrogen-bond acceptors (Lipinski definition) is 6. The second-order valence-electron chi connectivity index (χ2n) is 8.27. The maximum atomic E-state index is 13.8. The van der Waals surface area contributed by atoms with Crippen LogP contribution < -0.4 is 5.32 Å². The van der Waals surface area contributed by atoms with Gasteiger partial charge in [0.15, 0.2) is 0 Å². The second kappa shape index (κ2) is 9.63. The van der Waals surface area contributed by atoms with Gasteiger partial charge in [-0.1, -0.05) is 35.9 Å². The van der Waals surface area contributed by atoms with Crippen LogP contribution in [0.1, 0.15) is 36.0 Å². The smallest absolute Gasteiger partial charge is 0.263 e. The van der Waals surface area contributed by atoms with Gasteiger partial charge in [0, 0.05) is 13.6 Å². The van der Waals surface area contributed by atoms with Crippen molar-refractivity contribution in [2.45, 2.75) is 12.5 Å². The maximum absolute atomic E-state index is 13.8. The monoisotopic (exact) mass is 523 g/mol. The van der Waals surface area contributed by atoms with E-state index >= 15 is 0 Å². The van der Waals surface area contributed by atoms with E-state index < -0.39 is 29.6 Å². The van der Waals surface area contributed by atoms with Crippen LogP contribution in [0.5, 0.6) is 0 Å². The van der Waals surface area contributed by atoms with Crippen molar-refractivity contribution in [1.82, 2.24) is 25.0 Å². The lowest BCUT2D eigenvalue weighted by Gasteiger charge is -2.23. The minimum Gasteiger partial charge on any atom is -0.346 e. The summed E-state index contributed by atoms with van der Waals surface area (Å²) in [5.74, 6) is -1.71. The van der Waals surface area contributed by atoms with Crippen LogP contribution in [-0.2, 0) is 13.5 Å². The predicted octanol–water partition coefficient (Wildman–Crippen LogP) is 3.97. The molecule has 4 aromatic rings. The number of hydrogen-bond donors (Lipinski definition) is 1. The number of benzene rings is 2. The van der Waals surface area contributed by atoms with Gasteiger partial charge in [-0.25, -0.2) is 9.37 Å². The van der Waals surface area contributed by atoms with E-state index in [2.05, 4.69) is 15.4 Å². The van der Waals surface area contributed by atoms with Gasteiger partial charge in [0.1, 0.15) is 21.4 Å². The Hall–Kier alpha value is -3.89. The summed E-state index contributed by atoms with van der Waals surface area (Å²) in [7, 11) is 1.72. The van der Waals surface area contributed by atoms with Crippen LogP contribution in [0.4, 0.5) is 4.39 Å². The first kappa shape index (κ1) is 23.8. The summed E-state index contributed by atoms with van der Waals surface area (Å²) in [5.41, 5.74) is 1.84. The lowest BCUT2D eigenvalue weighted by atomic mass is 10.0. The number of carbonyl (C=O) groups is 3. The molecule has 1 atom stereocenters. The number of halogens is 2. The highest BCUT2D eigenvalue weighted by Gasteiger charge is 2.36. The zero-order valence-electron chi connectivity index (χ0n) is 18.9. The molecule has 2 aromatic heterocycles. The molecule has 0 unspecified atom stereocenters. The summed E-state index contributed by atoms with van der Waals surface area (Å²) in [6.45, 7) is -0.0756. The summed E-state index contributed by atoms with van der Waals surface area (Å²) in [4.78, 5) is 44.7. The Balaban J connectivity index is 1.39. The number of rotatable bonds is 7. The van der Waals surface area contributed by atoms with Crippen LogP contribution in [0.25, 0.3) is 10.7 Å². The number of thiazole rings is 1. The van der Waals surface area contributed by atoms with Gasteiger partial charge in [-0.2, -0.15) is 5.10 Å². The molecular formula is C25H19ClFN5O3S. The first-order valence-electron chi connectivity index (χ1n) is 11.0. The third kappa shape index (κ3) is 4.52. The van der Waals surface area contributed by atoms with Crippen LogP contribution in [0.3, 0.4) is 0 Å². The van der Waals surface area contributed by atoms with Crippen molar-refractivity contribution in [3.05, 3.63) is 93.3 Å². The molecule has 0 aliphatic carbocycles. The Kier molecular flexibility index (Phi) is 6.38. The largest absolute Gasteiger partial charge is 0.346 e. The van der Waals surface area contributed by atoms with Crippen molar-refractivity contribution in [2.75, 3.05) is 6.54 Å². The molecule has 5 rings (SSSR count). The van der Waals surface area contributed by atoms with Crippen molar-refractivity contribution >= 4 is 40.7 Å². The average Bonchev–Trinajstić information content (AvgIpc) is 3.53. The molecule has 1 aliphatic rings. The Bertz CT molecular complexity index is 1450. The van der Waals surface area contributed by atoms with Crippen molar-refractivity contribution in [1.29, 1.82) is 0 Å². The van der Waals surface area contributed by atoms with Crippen molar-refractivity contribution in [2.24, 2.45) is 7.05 Å². The van der Waals surface area contributed by atoms with Gasteiger partial charge in [0.25, 0.3) is 17.7 Å². The minimum atomic E-state index is -0.674. The van der Waals surface area contributed by atoms with E-state index in [4.69, 9.17) is 11.6 Å². The molecule has 0 saturated heterocycles. The zero-order chi connectivity index (χ0) is 25.4. The lowest BCUT2D eigenvalue weighted by molar-refractivity contribution is 0.0629. The summed E-state index contributed by atoms with van der Waals surface area (Å²) >= 11 is 7.33. The highest BCUT2D eigenvalue weighted by atomic mass is 35.5. The zero-order valence-corrected chi connectivity index (χ0v) is 20.5. The van der Waals surface area contributed by atoms with E-state index in [9.17, 15) is 18.8 Å². The lowest BCUT2D eigenvalue weighted by Crippen LogP contribution is -2.46. The fraction of sp³-hybridized carbons (Fsp3) is 0.160. The Morgan fingerprint density at radius 1 is 1.11 bits per heavy atom. The molecule has 0 radical (unpaired) electrons. The van der Waals surface area contributed by atoms with E-state index in [1.54, 1.807) is 48.1 Å². The summed E-state index contributed by atoms with van der Waals surface area (Å²) in [6.07, 6.45) is 3.13. The molecule has 0 spiro atoms. The predicted molar refractivity (Wildman–Crippen MR) is 132 cm³/mol. The molecule has 1 N–H and O–H groups in total. The van der Waals surface area contributed by atoms with Gasteiger partial charge >= 0.3 is 0 Å². The van der Waals surface area contributed by atoms with Gasteiger partial charge in [-0.3, -0.25) is 24.0 Å². The van der Waals surface area contributed by atoms with E-state index in [1.165, 1.54) is 24.5 Å². The first-order valence-corrected chi connectivity index (χ1v) is 12.2. The van der Waals surface area contributed by atoms with Crippen LogP contribution in [-0.4, -0.2) is 50.0 Å². The van der Waals surface area contributed by atoms with Crippen LogP contribution in [0.15, 0.2) is 60.9 Å². The fourth-order valence-corrected chi connectivity index (χ4v) is 5.35. The minimum absolute atomic E-state index is 0.0756. The molecular weight excluding hydrogens is 505 g/mol. The van der Waals surface area contributed by atoms with Crippen LogP contribution in [0.2, 0.25) is 5.02 Å². The van der Waals surface area contributed by atoms with Gasteiger partial charge in [0.05, 0.1) is 34.6 Å².